The van der Waals surface area contributed by atoms with Gasteiger partial charge in [0.15, 0.2) is 0 Å². The van der Waals surface area contributed by atoms with Crippen molar-refractivity contribution in [1.82, 2.24) is 0 Å². The van der Waals surface area contributed by atoms with E-state index >= 15 is 0 Å². The third kappa shape index (κ3) is 8.32. The maximum atomic E-state index is 6.00. The highest BCUT2D eigenvalue weighted by Crippen LogP contribution is 2.42. The van der Waals surface area contributed by atoms with Crippen molar-refractivity contribution in [2.75, 3.05) is 13.2 Å². The second kappa shape index (κ2) is 9.10. The summed E-state index contributed by atoms with van der Waals surface area (Å²) in [5, 5.41) is 0.426. The molecule has 0 aromatic rings. The number of hydrogen-bond acceptors (Lipinski definition) is 3. The Morgan fingerprint density at radius 2 is 1.48 bits per heavy atom. The Labute approximate surface area is 160 Å². The number of ether oxygens (including phenoxy) is 2. The molecule has 1 rings (SSSR count). The third-order valence-corrected chi connectivity index (χ3v) is 5.47. The lowest BCUT2D eigenvalue weighted by molar-refractivity contribution is 0.0615. The van der Waals surface area contributed by atoms with Gasteiger partial charge in [0.2, 0.25) is 0 Å². The van der Waals surface area contributed by atoms with E-state index in [0.717, 1.165) is 6.61 Å². The van der Waals surface area contributed by atoms with Crippen molar-refractivity contribution in [2.24, 2.45) is 11.3 Å². The fraction of sp³-hybridized carbons (Fsp3) is 0.818. The Balaban J connectivity index is 3.14. The van der Waals surface area contributed by atoms with Crippen molar-refractivity contribution in [2.45, 2.75) is 91.4 Å². The average molecular weight is 369 g/mol. The lowest BCUT2D eigenvalue weighted by Gasteiger charge is -2.37. The molecule has 0 radical (unpaired) electrons. The summed E-state index contributed by atoms with van der Waals surface area (Å²) >= 11 is 2.03. The minimum atomic E-state index is 0.111. The van der Waals surface area contributed by atoms with Crippen LogP contribution in [0.15, 0.2) is 23.3 Å². The summed E-state index contributed by atoms with van der Waals surface area (Å²) in [5.41, 5.74) is 2.87. The van der Waals surface area contributed by atoms with Crippen molar-refractivity contribution in [3.05, 3.63) is 23.3 Å². The highest BCUT2D eigenvalue weighted by atomic mass is 32.2. The van der Waals surface area contributed by atoms with Crippen molar-refractivity contribution >= 4 is 11.8 Å². The van der Waals surface area contributed by atoms with Crippen LogP contribution in [0, 0.1) is 11.3 Å². The molecule has 146 valence electrons. The van der Waals surface area contributed by atoms with Crippen LogP contribution in [-0.4, -0.2) is 35.4 Å². The summed E-state index contributed by atoms with van der Waals surface area (Å²) in [4.78, 5) is 0. The van der Waals surface area contributed by atoms with Crippen LogP contribution in [0.25, 0.3) is 0 Å². The first-order chi connectivity index (χ1) is 11.3. The predicted octanol–water partition coefficient (Wildman–Crippen LogP) is 6.27. The molecule has 2 unspecified atom stereocenters. The summed E-state index contributed by atoms with van der Waals surface area (Å²) in [6.45, 7) is 23.6. The van der Waals surface area contributed by atoms with E-state index in [4.69, 9.17) is 9.47 Å². The van der Waals surface area contributed by atoms with Gasteiger partial charge in [0.1, 0.15) is 0 Å². The van der Waals surface area contributed by atoms with E-state index in [2.05, 4.69) is 81.4 Å². The van der Waals surface area contributed by atoms with Crippen LogP contribution in [0.4, 0.5) is 0 Å². The molecular weight excluding hydrogens is 328 g/mol. The minimum Gasteiger partial charge on any atom is -0.378 e. The lowest BCUT2D eigenvalue weighted by Crippen LogP contribution is -2.31. The highest BCUT2D eigenvalue weighted by Gasteiger charge is 2.33. The second-order valence-corrected chi connectivity index (χ2v) is 11.6. The average Bonchev–Trinajstić information content (AvgIpc) is 2.40. The van der Waals surface area contributed by atoms with Crippen LogP contribution in [-0.2, 0) is 9.47 Å². The van der Waals surface area contributed by atoms with Crippen LogP contribution in [0.3, 0.4) is 0 Å². The SMILES string of the molecule is CC(C)OCC1=CC(SC(C)(C)C)C(COC(C)C)C=C1C(C)(C)C. The van der Waals surface area contributed by atoms with E-state index in [1.54, 1.807) is 0 Å². The lowest BCUT2D eigenvalue weighted by atomic mass is 9.76. The molecule has 2 atom stereocenters. The Morgan fingerprint density at radius 1 is 0.920 bits per heavy atom. The van der Waals surface area contributed by atoms with Crippen molar-refractivity contribution in [3.8, 4) is 0 Å². The molecule has 25 heavy (non-hydrogen) atoms. The third-order valence-electron chi connectivity index (χ3n) is 4.01. The summed E-state index contributed by atoms with van der Waals surface area (Å²) in [6.07, 6.45) is 5.43. The quantitative estimate of drug-likeness (QED) is 0.528. The summed E-state index contributed by atoms with van der Waals surface area (Å²) in [6, 6.07) is 0. The second-order valence-electron chi connectivity index (χ2n) is 9.62. The monoisotopic (exact) mass is 368 g/mol. The van der Waals surface area contributed by atoms with Gasteiger partial charge in [0.05, 0.1) is 25.4 Å². The van der Waals surface area contributed by atoms with E-state index in [-0.39, 0.29) is 22.4 Å². The van der Waals surface area contributed by atoms with Gasteiger partial charge in [-0.15, -0.1) is 11.8 Å². The maximum Gasteiger partial charge on any atom is 0.0720 e. The summed E-state index contributed by atoms with van der Waals surface area (Å²) < 4.78 is 12.2. The van der Waals surface area contributed by atoms with Crippen LogP contribution in [0.5, 0.6) is 0 Å². The molecule has 2 nitrogen and oxygen atoms in total. The molecule has 1 aliphatic carbocycles. The molecule has 3 heteroatoms. The zero-order chi connectivity index (χ0) is 19.4. The molecule has 0 saturated heterocycles. The van der Waals surface area contributed by atoms with E-state index < -0.39 is 0 Å². The summed E-state index contributed by atoms with van der Waals surface area (Å²) in [7, 11) is 0. The molecule has 0 aromatic carbocycles. The van der Waals surface area contributed by atoms with Gasteiger partial charge in [-0.3, -0.25) is 0 Å². The fourth-order valence-corrected chi connectivity index (χ4v) is 4.30. The van der Waals surface area contributed by atoms with Crippen LogP contribution < -0.4 is 0 Å². The van der Waals surface area contributed by atoms with Gasteiger partial charge in [0, 0.05) is 15.9 Å². The zero-order valence-electron chi connectivity index (χ0n) is 18.1. The van der Waals surface area contributed by atoms with Gasteiger partial charge < -0.3 is 9.47 Å². The van der Waals surface area contributed by atoms with Crippen molar-refractivity contribution in [1.29, 1.82) is 0 Å². The Morgan fingerprint density at radius 3 is 1.92 bits per heavy atom. The molecule has 1 aliphatic rings. The number of hydrogen-bond donors (Lipinski definition) is 0. The smallest absolute Gasteiger partial charge is 0.0720 e. The predicted molar refractivity (Wildman–Crippen MR) is 112 cm³/mol. The first-order valence-electron chi connectivity index (χ1n) is 9.64. The zero-order valence-corrected chi connectivity index (χ0v) is 18.9. The van der Waals surface area contributed by atoms with Gasteiger partial charge in [0.25, 0.3) is 0 Å². The van der Waals surface area contributed by atoms with E-state index in [0.29, 0.717) is 17.8 Å². The van der Waals surface area contributed by atoms with Gasteiger partial charge in [-0.05, 0) is 44.3 Å². The topological polar surface area (TPSA) is 18.5 Å². The molecule has 0 aliphatic heterocycles. The largest absolute Gasteiger partial charge is 0.378 e. The Hall–Kier alpha value is -0.250. The fourth-order valence-electron chi connectivity index (χ4n) is 2.92. The van der Waals surface area contributed by atoms with Crippen molar-refractivity contribution < 1.29 is 9.47 Å². The minimum absolute atomic E-state index is 0.111. The van der Waals surface area contributed by atoms with Gasteiger partial charge in [-0.25, -0.2) is 0 Å². The van der Waals surface area contributed by atoms with Gasteiger partial charge >= 0.3 is 0 Å². The first-order valence-corrected chi connectivity index (χ1v) is 10.5. The normalized spacial score (nSPS) is 22.4. The van der Waals surface area contributed by atoms with E-state index in [1.807, 2.05) is 11.8 Å². The molecule has 0 fully saturated rings. The standard InChI is InChI=1S/C22H40O2S/c1-15(2)23-13-17-12-20(25-22(8,9)10)18(14-24-16(3)4)11-19(17)21(5,6)7/h11-12,15-16,18,20H,13-14H2,1-10H3. The van der Waals surface area contributed by atoms with Gasteiger partial charge in [-0.2, -0.15) is 0 Å². The van der Waals surface area contributed by atoms with E-state index in [9.17, 15) is 0 Å². The molecular formula is C22H40O2S. The molecule has 0 saturated carbocycles. The molecule has 0 N–H and O–H groups in total. The van der Waals surface area contributed by atoms with Gasteiger partial charge in [-0.1, -0.05) is 53.7 Å². The number of thioether (sulfide) groups is 1. The molecule has 0 bridgehead atoms. The first kappa shape index (κ1) is 22.8. The Bertz CT molecular complexity index is 475. The molecule has 0 amide bonds. The maximum absolute atomic E-state index is 6.00. The van der Waals surface area contributed by atoms with Crippen molar-refractivity contribution in [3.63, 3.8) is 0 Å². The Kier molecular flexibility index (Phi) is 8.30. The molecule has 0 spiro atoms. The molecule has 0 heterocycles. The molecule has 0 aromatic heterocycles. The van der Waals surface area contributed by atoms with E-state index in [1.165, 1.54) is 11.1 Å². The van der Waals surface area contributed by atoms with Crippen LogP contribution in [0.1, 0.15) is 69.2 Å². The highest BCUT2D eigenvalue weighted by molar-refractivity contribution is 8.01. The summed E-state index contributed by atoms with van der Waals surface area (Å²) in [5.74, 6) is 0.406. The number of rotatable bonds is 7. The van der Waals surface area contributed by atoms with Crippen LogP contribution >= 0.6 is 11.8 Å². The van der Waals surface area contributed by atoms with Crippen LogP contribution in [0.2, 0.25) is 0 Å².